The van der Waals surface area contributed by atoms with Gasteiger partial charge in [-0.2, -0.15) is 0 Å². The number of guanidine groups is 1. The van der Waals surface area contributed by atoms with Gasteiger partial charge in [-0.1, -0.05) is 0 Å². The third kappa shape index (κ3) is 4.86. The molecule has 1 aromatic carbocycles. The number of nitrogens with zero attached hydrogens (tertiary/aromatic N) is 4. The second-order valence-corrected chi connectivity index (χ2v) is 8.03. The summed E-state index contributed by atoms with van der Waals surface area (Å²) in [5, 5.41) is 3.47. The number of pyridine rings is 1. The van der Waals surface area contributed by atoms with Gasteiger partial charge in [-0.25, -0.2) is 9.98 Å². The second-order valence-electron chi connectivity index (χ2n) is 8.03. The SMILES string of the molecule is CCNC(=NCc1ccnc(N2CCCC2)c1)N1CCc2cc(OC)c(OC)cc2C1. The van der Waals surface area contributed by atoms with E-state index in [-0.39, 0.29) is 0 Å². The van der Waals surface area contributed by atoms with Crippen LogP contribution in [0.2, 0.25) is 0 Å². The molecule has 0 saturated carbocycles. The highest BCUT2D eigenvalue weighted by molar-refractivity contribution is 5.80. The van der Waals surface area contributed by atoms with Crippen LogP contribution in [-0.2, 0) is 19.5 Å². The lowest BCUT2D eigenvalue weighted by Gasteiger charge is -2.32. The van der Waals surface area contributed by atoms with Crippen LogP contribution in [0.1, 0.15) is 36.5 Å². The molecule has 31 heavy (non-hydrogen) atoms. The Hall–Kier alpha value is -2.96. The molecule has 0 bridgehead atoms. The molecule has 0 aliphatic carbocycles. The first-order valence-corrected chi connectivity index (χ1v) is 11.2. The zero-order valence-electron chi connectivity index (χ0n) is 18.9. The van der Waals surface area contributed by atoms with E-state index in [4.69, 9.17) is 14.5 Å². The van der Waals surface area contributed by atoms with E-state index in [2.05, 4.69) is 51.3 Å². The van der Waals surface area contributed by atoms with Crippen LogP contribution >= 0.6 is 0 Å². The van der Waals surface area contributed by atoms with Crippen LogP contribution in [0.15, 0.2) is 35.5 Å². The number of benzene rings is 1. The van der Waals surface area contributed by atoms with Crippen molar-refractivity contribution >= 4 is 11.8 Å². The molecule has 1 N–H and O–H groups in total. The Bertz CT molecular complexity index is 924. The fourth-order valence-corrected chi connectivity index (χ4v) is 4.33. The maximum Gasteiger partial charge on any atom is 0.194 e. The number of anilines is 1. The number of rotatable bonds is 6. The molecule has 7 heteroatoms. The molecule has 7 nitrogen and oxygen atoms in total. The standard InChI is InChI=1S/C24H33N5O2/c1-4-25-24(27-16-18-7-9-26-23(13-18)28-10-5-6-11-28)29-12-8-19-14-21(30-2)22(31-3)15-20(19)17-29/h7,9,13-15H,4-6,8,10-12,16-17H2,1-3H3,(H,25,27). The first-order chi connectivity index (χ1) is 15.2. The van der Waals surface area contributed by atoms with Gasteiger partial charge in [-0.3, -0.25) is 0 Å². The molecule has 0 spiro atoms. The number of hydrogen-bond donors (Lipinski definition) is 1. The van der Waals surface area contributed by atoms with Crippen LogP contribution in [0, 0.1) is 0 Å². The minimum absolute atomic E-state index is 0.640. The van der Waals surface area contributed by atoms with E-state index in [1.54, 1.807) is 14.2 Å². The zero-order chi connectivity index (χ0) is 21.6. The molecule has 3 heterocycles. The predicted molar refractivity (Wildman–Crippen MR) is 124 cm³/mol. The van der Waals surface area contributed by atoms with Crippen molar-refractivity contribution in [1.29, 1.82) is 0 Å². The van der Waals surface area contributed by atoms with E-state index in [1.165, 1.54) is 29.5 Å². The molecule has 0 unspecified atom stereocenters. The normalized spacial score (nSPS) is 16.3. The van der Waals surface area contributed by atoms with Gasteiger partial charge in [-0.05, 0) is 67.1 Å². The summed E-state index contributed by atoms with van der Waals surface area (Å²) in [6.45, 7) is 7.51. The van der Waals surface area contributed by atoms with E-state index < -0.39 is 0 Å². The largest absolute Gasteiger partial charge is 0.493 e. The third-order valence-corrected chi connectivity index (χ3v) is 6.00. The summed E-state index contributed by atoms with van der Waals surface area (Å²) < 4.78 is 11.0. The van der Waals surface area contributed by atoms with Crippen LogP contribution in [0.3, 0.4) is 0 Å². The molecular formula is C24H33N5O2. The van der Waals surface area contributed by atoms with E-state index in [1.807, 2.05) is 6.20 Å². The van der Waals surface area contributed by atoms with Crippen LogP contribution in [0.5, 0.6) is 11.5 Å². The molecule has 4 rings (SSSR count). The van der Waals surface area contributed by atoms with Crippen molar-refractivity contribution in [2.24, 2.45) is 4.99 Å². The van der Waals surface area contributed by atoms with Gasteiger partial charge in [0.25, 0.3) is 0 Å². The van der Waals surface area contributed by atoms with Gasteiger partial charge in [0.05, 0.1) is 20.8 Å². The minimum Gasteiger partial charge on any atom is -0.493 e. The van der Waals surface area contributed by atoms with Crippen molar-refractivity contribution in [3.05, 3.63) is 47.2 Å². The van der Waals surface area contributed by atoms with E-state index in [0.717, 1.165) is 62.4 Å². The van der Waals surface area contributed by atoms with Crippen LogP contribution in [0.25, 0.3) is 0 Å². The fraction of sp³-hybridized carbons (Fsp3) is 0.500. The maximum atomic E-state index is 5.50. The molecule has 0 radical (unpaired) electrons. The Morgan fingerprint density at radius 1 is 1.06 bits per heavy atom. The lowest BCUT2D eigenvalue weighted by Crippen LogP contribution is -2.44. The molecular weight excluding hydrogens is 390 g/mol. The lowest BCUT2D eigenvalue weighted by molar-refractivity contribution is 0.346. The summed E-state index contributed by atoms with van der Waals surface area (Å²) in [5.74, 6) is 3.59. The smallest absolute Gasteiger partial charge is 0.194 e. The number of aromatic nitrogens is 1. The lowest BCUT2D eigenvalue weighted by atomic mass is 9.99. The van der Waals surface area contributed by atoms with Crippen molar-refractivity contribution < 1.29 is 9.47 Å². The number of fused-ring (bicyclic) bond motifs is 1. The molecule has 1 fully saturated rings. The number of aliphatic imine (C=N–C) groups is 1. The first kappa shape index (κ1) is 21.3. The number of hydrogen-bond acceptors (Lipinski definition) is 5. The Morgan fingerprint density at radius 2 is 1.81 bits per heavy atom. The highest BCUT2D eigenvalue weighted by Crippen LogP contribution is 2.33. The molecule has 1 saturated heterocycles. The van der Waals surface area contributed by atoms with Gasteiger partial charge >= 0.3 is 0 Å². The van der Waals surface area contributed by atoms with Crippen molar-refractivity contribution in [1.82, 2.24) is 15.2 Å². The van der Waals surface area contributed by atoms with E-state index in [9.17, 15) is 0 Å². The van der Waals surface area contributed by atoms with Crippen LogP contribution < -0.4 is 19.7 Å². The molecule has 0 amide bonds. The van der Waals surface area contributed by atoms with Gasteiger partial charge < -0.3 is 24.6 Å². The van der Waals surface area contributed by atoms with Crippen molar-refractivity contribution in [3.63, 3.8) is 0 Å². The predicted octanol–water partition coefficient (Wildman–Crippen LogP) is 3.22. The van der Waals surface area contributed by atoms with Crippen LogP contribution in [-0.4, -0.2) is 56.2 Å². The number of methoxy groups -OCH3 is 2. The molecule has 1 aromatic heterocycles. The molecule has 2 aromatic rings. The monoisotopic (exact) mass is 423 g/mol. The Balaban J connectivity index is 1.50. The topological polar surface area (TPSA) is 62.2 Å². The van der Waals surface area contributed by atoms with Crippen LogP contribution in [0.4, 0.5) is 5.82 Å². The maximum absolute atomic E-state index is 5.50. The van der Waals surface area contributed by atoms with Crippen molar-refractivity contribution in [2.75, 3.05) is 45.3 Å². The average molecular weight is 424 g/mol. The Kier molecular flexibility index (Phi) is 6.79. The fourth-order valence-electron chi connectivity index (χ4n) is 4.33. The summed E-state index contributed by atoms with van der Waals surface area (Å²) in [7, 11) is 3.37. The van der Waals surface area contributed by atoms with Gasteiger partial charge in [0, 0.05) is 38.9 Å². The molecule has 2 aliphatic rings. The van der Waals surface area contributed by atoms with E-state index >= 15 is 0 Å². The van der Waals surface area contributed by atoms with Gasteiger partial charge in [-0.15, -0.1) is 0 Å². The second kappa shape index (κ2) is 9.90. The Morgan fingerprint density at radius 3 is 2.52 bits per heavy atom. The molecule has 2 aliphatic heterocycles. The minimum atomic E-state index is 0.640. The highest BCUT2D eigenvalue weighted by Gasteiger charge is 2.22. The van der Waals surface area contributed by atoms with E-state index in [0.29, 0.717) is 6.54 Å². The number of nitrogens with one attached hydrogen (secondary N) is 1. The van der Waals surface area contributed by atoms with Gasteiger partial charge in [0.15, 0.2) is 17.5 Å². The quantitative estimate of drug-likeness (QED) is 0.569. The summed E-state index contributed by atoms with van der Waals surface area (Å²) in [5.41, 5.74) is 3.76. The average Bonchev–Trinajstić information content (AvgIpc) is 3.36. The number of ether oxygens (including phenoxy) is 2. The summed E-state index contributed by atoms with van der Waals surface area (Å²) >= 11 is 0. The van der Waals surface area contributed by atoms with Crippen molar-refractivity contribution in [2.45, 2.75) is 39.3 Å². The first-order valence-electron chi connectivity index (χ1n) is 11.2. The van der Waals surface area contributed by atoms with Crippen molar-refractivity contribution in [3.8, 4) is 11.5 Å². The summed E-state index contributed by atoms with van der Waals surface area (Å²) in [6.07, 6.45) is 5.36. The van der Waals surface area contributed by atoms with Gasteiger partial charge in [0.2, 0.25) is 0 Å². The molecule has 166 valence electrons. The highest BCUT2D eigenvalue weighted by atomic mass is 16.5. The summed E-state index contributed by atoms with van der Waals surface area (Å²) in [6, 6.07) is 8.44. The zero-order valence-corrected chi connectivity index (χ0v) is 18.9. The molecule has 0 atom stereocenters. The summed E-state index contributed by atoms with van der Waals surface area (Å²) in [4.78, 5) is 14.2. The van der Waals surface area contributed by atoms with Gasteiger partial charge in [0.1, 0.15) is 5.82 Å². The Labute approximate surface area is 185 Å². The third-order valence-electron chi connectivity index (χ3n) is 6.00.